The zero-order valence-electron chi connectivity index (χ0n) is 10.3. The average molecular weight is 325 g/mol. The molecular formula is C10H10F3N3O4S. The number of halogens is 3. The molecule has 7 nitrogen and oxygen atoms in total. The van der Waals surface area contributed by atoms with Crippen molar-refractivity contribution >= 4 is 21.4 Å². The van der Waals surface area contributed by atoms with E-state index in [4.69, 9.17) is 5.73 Å². The number of nitrogens with zero attached hydrogens (tertiary/aromatic N) is 1. The van der Waals surface area contributed by atoms with Gasteiger partial charge < -0.3 is 5.73 Å². The highest BCUT2D eigenvalue weighted by atomic mass is 32.2. The molecule has 1 saturated carbocycles. The summed E-state index contributed by atoms with van der Waals surface area (Å²) in [6, 6.07) is 2.50. The van der Waals surface area contributed by atoms with Crippen LogP contribution >= 0.6 is 0 Å². The van der Waals surface area contributed by atoms with Crippen LogP contribution in [-0.2, 0) is 10.0 Å². The molecule has 0 amide bonds. The number of benzene rings is 1. The first kappa shape index (κ1) is 15.5. The van der Waals surface area contributed by atoms with Crippen LogP contribution in [0.15, 0.2) is 23.1 Å². The molecule has 3 N–H and O–H groups in total. The van der Waals surface area contributed by atoms with Crippen molar-refractivity contribution in [3.05, 3.63) is 28.3 Å². The van der Waals surface area contributed by atoms with Gasteiger partial charge in [0.1, 0.15) is 11.2 Å². The molecule has 2 rings (SSSR count). The number of hydrogen-bond acceptors (Lipinski definition) is 5. The van der Waals surface area contributed by atoms with Crippen LogP contribution in [0.2, 0.25) is 0 Å². The van der Waals surface area contributed by atoms with E-state index in [0.717, 1.165) is 12.1 Å². The van der Waals surface area contributed by atoms with Gasteiger partial charge in [-0.25, -0.2) is 8.42 Å². The maximum absolute atomic E-state index is 12.8. The lowest BCUT2D eigenvalue weighted by molar-refractivity contribution is -0.384. The van der Waals surface area contributed by atoms with Crippen LogP contribution < -0.4 is 10.5 Å². The number of alkyl halides is 3. The van der Waals surface area contributed by atoms with E-state index in [2.05, 4.69) is 0 Å². The van der Waals surface area contributed by atoms with Crippen LogP contribution in [0.5, 0.6) is 0 Å². The lowest BCUT2D eigenvalue weighted by atomic mass is 10.3. The van der Waals surface area contributed by atoms with Gasteiger partial charge in [-0.1, -0.05) is 0 Å². The molecule has 0 saturated heterocycles. The van der Waals surface area contributed by atoms with E-state index in [1.54, 1.807) is 4.72 Å². The number of rotatable bonds is 4. The zero-order chi connectivity index (χ0) is 16.1. The number of sulfonamides is 1. The zero-order valence-corrected chi connectivity index (χ0v) is 11.2. The predicted molar refractivity (Wildman–Crippen MR) is 65.9 cm³/mol. The molecular weight excluding hydrogens is 315 g/mol. The monoisotopic (exact) mass is 325 g/mol. The summed E-state index contributed by atoms with van der Waals surface area (Å²) in [5.41, 5.74) is 1.85. The number of anilines is 1. The number of nitrogens with two attached hydrogens (primary N) is 1. The van der Waals surface area contributed by atoms with Crippen LogP contribution in [0.4, 0.5) is 24.5 Å². The first-order chi connectivity index (χ1) is 9.48. The SMILES string of the molecule is Nc1ccc(S(=O)(=O)NC2(C(F)(F)F)CC2)cc1[N+](=O)[O-]. The third-order valence-corrected chi connectivity index (χ3v) is 4.67. The summed E-state index contributed by atoms with van der Waals surface area (Å²) < 4.78 is 63.7. The van der Waals surface area contributed by atoms with Gasteiger partial charge in [-0.3, -0.25) is 10.1 Å². The molecule has 21 heavy (non-hydrogen) atoms. The summed E-state index contributed by atoms with van der Waals surface area (Å²) in [6.45, 7) is 0. The van der Waals surface area contributed by atoms with E-state index in [0.29, 0.717) is 6.07 Å². The van der Waals surface area contributed by atoms with Crippen LogP contribution in [0, 0.1) is 10.1 Å². The number of nitro benzene ring substituents is 1. The highest BCUT2D eigenvalue weighted by molar-refractivity contribution is 7.89. The van der Waals surface area contributed by atoms with Gasteiger partial charge >= 0.3 is 6.18 Å². The van der Waals surface area contributed by atoms with E-state index < -0.39 is 37.2 Å². The van der Waals surface area contributed by atoms with Gasteiger partial charge in [0.15, 0.2) is 0 Å². The van der Waals surface area contributed by atoms with E-state index in [1.165, 1.54) is 0 Å². The molecule has 116 valence electrons. The molecule has 0 bridgehead atoms. The molecule has 0 spiro atoms. The van der Waals surface area contributed by atoms with Crippen molar-refractivity contribution in [2.24, 2.45) is 0 Å². The predicted octanol–water partition coefficient (Wildman–Crippen LogP) is 1.55. The summed E-state index contributed by atoms with van der Waals surface area (Å²) >= 11 is 0. The Bertz CT molecular complexity index is 698. The lowest BCUT2D eigenvalue weighted by Crippen LogP contribution is -2.47. The molecule has 0 unspecified atom stereocenters. The first-order valence-corrected chi connectivity index (χ1v) is 7.11. The Morgan fingerprint density at radius 3 is 2.33 bits per heavy atom. The lowest BCUT2D eigenvalue weighted by Gasteiger charge is -2.20. The van der Waals surface area contributed by atoms with Crippen LogP contribution in [0.3, 0.4) is 0 Å². The first-order valence-electron chi connectivity index (χ1n) is 5.63. The molecule has 1 aromatic rings. The minimum atomic E-state index is -4.72. The molecule has 11 heteroatoms. The second-order valence-electron chi connectivity index (χ2n) is 4.66. The quantitative estimate of drug-likeness (QED) is 0.495. The molecule has 0 atom stereocenters. The van der Waals surface area contributed by atoms with Gasteiger partial charge in [-0.15, -0.1) is 0 Å². The van der Waals surface area contributed by atoms with Crippen molar-refractivity contribution in [3.8, 4) is 0 Å². The summed E-state index contributed by atoms with van der Waals surface area (Å²) in [6.07, 6.45) is -5.46. The van der Waals surface area contributed by atoms with E-state index in [1.807, 2.05) is 0 Å². The highest BCUT2D eigenvalue weighted by Gasteiger charge is 2.65. The molecule has 1 aliphatic rings. The van der Waals surface area contributed by atoms with Gasteiger partial charge in [0.05, 0.1) is 9.82 Å². The van der Waals surface area contributed by atoms with E-state index in [9.17, 15) is 31.7 Å². The van der Waals surface area contributed by atoms with Crippen molar-refractivity contribution in [1.29, 1.82) is 0 Å². The summed E-state index contributed by atoms with van der Waals surface area (Å²) in [5.74, 6) is 0. The fraction of sp³-hybridized carbons (Fsp3) is 0.400. The van der Waals surface area contributed by atoms with Crippen LogP contribution in [0.1, 0.15) is 12.8 Å². The van der Waals surface area contributed by atoms with Crippen molar-refractivity contribution < 1.29 is 26.5 Å². The van der Waals surface area contributed by atoms with Crippen LogP contribution in [0.25, 0.3) is 0 Å². The minimum Gasteiger partial charge on any atom is -0.393 e. The standard InChI is InChI=1S/C10H10F3N3O4S/c11-10(12,13)9(3-4-9)15-21(19,20)6-1-2-7(14)8(5-6)16(17)18/h1-2,5,15H,3-4,14H2. The Morgan fingerprint density at radius 1 is 1.33 bits per heavy atom. The number of hydrogen-bond donors (Lipinski definition) is 2. The van der Waals surface area contributed by atoms with Crippen LogP contribution in [-0.4, -0.2) is 25.1 Å². The number of nitrogen functional groups attached to an aromatic ring is 1. The van der Waals surface area contributed by atoms with E-state index in [-0.39, 0.29) is 18.5 Å². The Labute approximate surface area is 117 Å². The molecule has 1 aliphatic carbocycles. The molecule has 0 radical (unpaired) electrons. The topological polar surface area (TPSA) is 115 Å². The summed E-state index contributed by atoms with van der Waals surface area (Å²) in [7, 11) is -4.54. The van der Waals surface area contributed by atoms with Gasteiger partial charge in [0.25, 0.3) is 5.69 Å². The van der Waals surface area contributed by atoms with Gasteiger partial charge in [-0.05, 0) is 25.0 Å². The highest BCUT2D eigenvalue weighted by Crippen LogP contribution is 2.49. The third-order valence-electron chi connectivity index (χ3n) is 3.13. The molecule has 0 heterocycles. The molecule has 1 fully saturated rings. The second-order valence-corrected chi connectivity index (χ2v) is 6.35. The average Bonchev–Trinajstić information content (AvgIpc) is 3.08. The number of nitrogens with one attached hydrogen (secondary N) is 1. The Morgan fingerprint density at radius 2 is 1.90 bits per heavy atom. The molecule has 0 aliphatic heterocycles. The van der Waals surface area contributed by atoms with Gasteiger partial charge in [0.2, 0.25) is 10.0 Å². The minimum absolute atomic E-state index is 0.282. The maximum atomic E-state index is 12.8. The summed E-state index contributed by atoms with van der Waals surface area (Å²) in [4.78, 5) is 9.14. The Balaban J connectivity index is 2.38. The fourth-order valence-electron chi connectivity index (χ4n) is 1.73. The second kappa shape index (κ2) is 4.56. The van der Waals surface area contributed by atoms with Gasteiger partial charge in [-0.2, -0.15) is 17.9 Å². The number of nitro groups is 1. The van der Waals surface area contributed by atoms with Crippen molar-refractivity contribution in [2.75, 3.05) is 5.73 Å². The largest absolute Gasteiger partial charge is 0.407 e. The molecule has 1 aromatic carbocycles. The van der Waals surface area contributed by atoms with E-state index >= 15 is 0 Å². The van der Waals surface area contributed by atoms with Crippen molar-refractivity contribution in [1.82, 2.24) is 4.72 Å². The van der Waals surface area contributed by atoms with Gasteiger partial charge in [0, 0.05) is 6.07 Å². The van der Waals surface area contributed by atoms with Crippen molar-refractivity contribution in [3.63, 3.8) is 0 Å². The smallest absolute Gasteiger partial charge is 0.393 e. The normalized spacial score (nSPS) is 17.5. The molecule has 0 aromatic heterocycles. The van der Waals surface area contributed by atoms with Crippen molar-refractivity contribution in [2.45, 2.75) is 29.5 Å². The fourth-order valence-corrected chi connectivity index (χ4v) is 3.20. The third kappa shape index (κ3) is 2.78. The maximum Gasteiger partial charge on any atom is 0.407 e. The Kier molecular flexibility index (Phi) is 3.37. The summed E-state index contributed by atoms with van der Waals surface area (Å²) in [5, 5.41) is 10.7. The Hall–Kier alpha value is -1.88.